The minimum Gasteiger partial charge on any atom is -0.494 e. The van der Waals surface area contributed by atoms with Gasteiger partial charge in [0.25, 0.3) is 0 Å². The molecule has 0 bridgehead atoms. The fraction of sp³-hybridized carbons (Fsp3) is 0.222. The van der Waals surface area contributed by atoms with Crippen LogP contribution in [0.1, 0.15) is 10.4 Å². The highest BCUT2D eigenvalue weighted by molar-refractivity contribution is 6.30. The predicted octanol–water partition coefficient (Wildman–Crippen LogP) is 2.39. The molecule has 0 heterocycles. The van der Waals surface area contributed by atoms with E-state index in [9.17, 15) is 13.6 Å². The zero-order chi connectivity index (χ0) is 10.7. The summed E-state index contributed by atoms with van der Waals surface area (Å²) in [6.45, 7) is 0. The molecule has 0 atom stereocenters. The van der Waals surface area contributed by atoms with E-state index in [-0.39, 0.29) is 17.2 Å². The number of hydrogen-bond donors (Lipinski definition) is 0. The molecule has 0 aliphatic carbocycles. The van der Waals surface area contributed by atoms with Gasteiger partial charge in [0.05, 0.1) is 18.6 Å². The highest BCUT2D eigenvalue weighted by atomic mass is 35.5. The maximum Gasteiger partial charge on any atom is 0.180 e. The zero-order valence-corrected chi connectivity index (χ0v) is 8.07. The summed E-state index contributed by atoms with van der Waals surface area (Å²) in [5.41, 5.74) is -0.363. The molecular weight excluding hydrogens is 214 g/mol. The lowest BCUT2D eigenvalue weighted by Crippen LogP contribution is -2.05. The lowest BCUT2D eigenvalue weighted by atomic mass is 10.1. The van der Waals surface area contributed by atoms with Gasteiger partial charge in [-0.1, -0.05) is 0 Å². The molecule has 0 aliphatic rings. The van der Waals surface area contributed by atoms with E-state index >= 15 is 0 Å². The number of hydrogen-bond acceptors (Lipinski definition) is 2. The van der Waals surface area contributed by atoms with E-state index in [0.717, 1.165) is 12.1 Å². The van der Waals surface area contributed by atoms with Gasteiger partial charge < -0.3 is 4.74 Å². The molecule has 1 aromatic carbocycles. The normalized spacial score (nSPS) is 10.0. The van der Waals surface area contributed by atoms with Gasteiger partial charge in [-0.2, -0.15) is 0 Å². The third-order valence-corrected chi connectivity index (χ3v) is 1.91. The van der Waals surface area contributed by atoms with Crippen LogP contribution in [0.4, 0.5) is 8.78 Å². The second kappa shape index (κ2) is 4.37. The van der Waals surface area contributed by atoms with E-state index in [0.29, 0.717) is 0 Å². The van der Waals surface area contributed by atoms with Crippen LogP contribution in [0, 0.1) is 11.6 Å². The van der Waals surface area contributed by atoms with Crippen LogP contribution in [0.15, 0.2) is 12.1 Å². The molecule has 0 fully saturated rings. The van der Waals surface area contributed by atoms with Crippen molar-refractivity contribution in [2.75, 3.05) is 13.0 Å². The Morgan fingerprint density at radius 3 is 2.57 bits per heavy atom. The second-order valence-corrected chi connectivity index (χ2v) is 2.79. The predicted molar refractivity (Wildman–Crippen MR) is 48.0 cm³/mol. The molecule has 0 aliphatic heterocycles. The van der Waals surface area contributed by atoms with Crippen LogP contribution in [0.3, 0.4) is 0 Å². The molecule has 0 aromatic heterocycles. The lowest BCUT2D eigenvalue weighted by Gasteiger charge is -2.04. The summed E-state index contributed by atoms with van der Waals surface area (Å²) in [6.07, 6.45) is 0. The monoisotopic (exact) mass is 220 g/mol. The first-order valence-electron chi connectivity index (χ1n) is 3.72. The van der Waals surface area contributed by atoms with Crippen LogP contribution < -0.4 is 4.74 Å². The van der Waals surface area contributed by atoms with Crippen molar-refractivity contribution < 1.29 is 18.3 Å². The number of carbonyl (C=O) groups excluding carboxylic acids is 1. The third-order valence-electron chi connectivity index (χ3n) is 1.66. The molecule has 0 N–H and O–H groups in total. The van der Waals surface area contributed by atoms with E-state index in [4.69, 9.17) is 11.6 Å². The first-order chi connectivity index (χ1) is 6.60. The van der Waals surface area contributed by atoms with Crippen molar-refractivity contribution in [3.63, 3.8) is 0 Å². The fourth-order valence-electron chi connectivity index (χ4n) is 0.971. The van der Waals surface area contributed by atoms with Crippen molar-refractivity contribution in [2.24, 2.45) is 0 Å². The van der Waals surface area contributed by atoms with Gasteiger partial charge in [-0.3, -0.25) is 4.79 Å². The lowest BCUT2D eigenvalue weighted by molar-refractivity contribution is 0.101. The van der Waals surface area contributed by atoms with Crippen molar-refractivity contribution in [1.82, 2.24) is 0 Å². The van der Waals surface area contributed by atoms with Crippen molar-refractivity contribution in [1.29, 1.82) is 0 Å². The van der Waals surface area contributed by atoms with Crippen molar-refractivity contribution >= 4 is 17.4 Å². The fourth-order valence-corrected chi connectivity index (χ4v) is 1.11. The van der Waals surface area contributed by atoms with Crippen molar-refractivity contribution in [3.05, 3.63) is 29.3 Å². The summed E-state index contributed by atoms with van der Waals surface area (Å²) in [6, 6.07) is 1.59. The Morgan fingerprint density at radius 2 is 2.07 bits per heavy atom. The Kier molecular flexibility index (Phi) is 3.41. The zero-order valence-electron chi connectivity index (χ0n) is 7.31. The molecule has 2 nitrogen and oxygen atoms in total. The molecule has 0 spiro atoms. The van der Waals surface area contributed by atoms with Gasteiger partial charge in [0.1, 0.15) is 5.82 Å². The average molecular weight is 221 g/mol. The highest BCUT2D eigenvalue weighted by Crippen LogP contribution is 2.21. The van der Waals surface area contributed by atoms with E-state index in [1.807, 2.05) is 0 Å². The Bertz CT molecular complexity index is 366. The van der Waals surface area contributed by atoms with Gasteiger partial charge >= 0.3 is 0 Å². The number of ketones is 1. The summed E-state index contributed by atoms with van der Waals surface area (Å²) < 4.78 is 30.7. The molecular formula is C9H7ClF2O2. The molecule has 14 heavy (non-hydrogen) atoms. The van der Waals surface area contributed by atoms with E-state index < -0.39 is 17.4 Å². The third kappa shape index (κ3) is 2.01. The maximum absolute atomic E-state index is 13.1. The number of Topliss-reactive ketones (excluding diaryl/α,β-unsaturated/α-hetero) is 1. The molecule has 1 rings (SSSR count). The van der Waals surface area contributed by atoms with Crippen molar-refractivity contribution in [3.8, 4) is 5.75 Å². The van der Waals surface area contributed by atoms with Crippen LogP contribution >= 0.6 is 11.6 Å². The summed E-state index contributed by atoms with van der Waals surface area (Å²) in [4.78, 5) is 11.0. The molecule has 0 radical (unpaired) electrons. The summed E-state index contributed by atoms with van der Waals surface area (Å²) in [7, 11) is 1.21. The van der Waals surface area contributed by atoms with Gasteiger partial charge in [-0.05, 0) is 6.07 Å². The molecule has 5 heteroatoms. The summed E-state index contributed by atoms with van der Waals surface area (Å²) in [5.74, 6) is -2.92. The highest BCUT2D eigenvalue weighted by Gasteiger charge is 2.15. The number of alkyl halides is 1. The van der Waals surface area contributed by atoms with Gasteiger partial charge in [-0.25, -0.2) is 8.78 Å². The molecule has 0 saturated heterocycles. The molecule has 76 valence electrons. The van der Waals surface area contributed by atoms with E-state index in [1.54, 1.807) is 0 Å². The van der Waals surface area contributed by atoms with Crippen LogP contribution in [0.25, 0.3) is 0 Å². The Labute approximate surface area is 84.4 Å². The van der Waals surface area contributed by atoms with Crippen LogP contribution in [0.5, 0.6) is 5.75 Å². The molecule has 0 saturated carbocycles. The molecule has 0 amide bonds. The number of ether oxygens (including phenoxy) is 1. The van der Waals surface area contributed by atoms with Gasteiger partial charge in [0, 0.05) is 6.07 Å². The van der Waals surface area contributed by atoms with Gasteiger partial charge in [0.15, 0.2) is 17.3 Å². The summed E-state index contributed by atoms with van der Waals surface area (Å²) >= 11 is 5.21. The Morgan fingerprint density at radius 1 is 1.43 bits per heavy atom. The number of methoxy groups -OCH3 is 1. The first-order valence-corrected chi connectivity index (χ1v) is 4.25. The maximum atomic E-state index is 13.1. The topological polar surface area (TPSA) is 26.3 Å². The minimum absolute atomic E-state index is 0.242. The largest absolute Gasteiger partial charge is 0.494 e. The first kappa shape index (κ1) is 10.9. The number of carbonyl (C=O) groups is 1. The van der Waals surface area contributed by atoms with Crippen LogP contribution in [-0.4, -0.2) is 18.8 Å². The SMILES string of the molecule is COc1cc(F)c(C(=O)CCl)cc1F. The quantitative estimate of drug-likeness (QED) is 0.578. The average Bonchev–Trinajstić information content (AvgIpc) is 2.19. The van der Waals surface area contributed by atoms with E-state index in [2.05, 4.69) is 4.74 Å². The second-order valence-electron chi connectivity index (χ2n) is 2.52. The number of halogens is 3. The van der Waals surface area contributed by atoms with E-state index in [1.165, 1.54) is 7.11 Å². The van der Waals surface area contributed by atoms with Crippen LogP contribution in [0.2, 0.25) is 0 Å². The number of benzene rings is 1. The summed E-state index contributed by atoms with van der Waals surface area (Å²) in [5, 5.41) is 0. The standard InChI is InChI=1S/C9H7ClF2O2/c1-14-9-3-6(11)5(2-7(9)12)8(13)4-10/h2-3H,4H2,1H3. The number of rotatable bonds is 3. The van der Waals surface area contributed by atoms with Gasteiger partial charge in [-0.15, -0.1) is 11.6 Å². The van der Waals surface area contributed by atoms with Crippen LogP contribution in [-0.2, 0) is 0 Å². The molecule has 0 unspecified atom stereocenters. The minimum atomic E-state index is -0.839. The van der Waals surface area contributed by atoms with Crippen molar-refractivity contribution in [2.45, 2.75) is 0 Å². The smallest absolute Gasteiger partial charge is 0.180 e. The Hall–Kier alpha value is -1.16. The van der Waals surface area contributed by atoms with Gasteiger partial charge in [0.2, 0.25) is 0 Å². The molecule has 1 aromatic rings. The Balaban J connectivity index is 3.21.